The van der Waals surface area contributed by atoms with Gasteiger partial charge in [-0.2, -0.15) is 5.10 Å². The maximum atomic E-state index is 5.93. The molecule has 2 N–H and O–H groups in total. The molecule has 3 nitrogen and oxygen atoms in total. The molecule has 2 rings (SSSR count). The first kappa shape index (κ1) is 8.08. The zero-order valence-electron chi connectivity index (χ0n) is 6.81. The van der Waals surface area contributed by atoms with Crippen molar-refractivity contribution in [2.24, 2.45) is 0 Å². The number of nitrogens with zero attached hydrogens (tertiary/aromatic N) is 1. The van der Waals surface area contributed by atoms with Crippen molar-refractivity contribution in [3.8, 4) is 0 Å². The fourth-order valence-corrected chi connectivity index (χ4v) is 1.95. The maximum absolute atomic E-state index is 5.93. The normalized spacial score (nSPS) is 19.8. The fraction of sp³-hybridized carbons (Fsp3) is 0.625. The van der Waals surface area contributed by atoms with Gasteiger partial charge in [0.15, 0.2) is 0 Å². The average Bonchev–Trinajstić information content (AvgIpc) is 2.53. The van der Waals surface area contributed by atoms with E-state index in [1.807, 2.05) is 6.20 Å². The molecule has 0 radical (unpaired) electrons. The summed E-state index contributed by atoms with van der Waals surface area (Å²) in [5.74, 6) is 0.595. The Morgan fingerprint density at radius 2 is 2.17 bits per heavy atom. The summed E-state index contributed by atoms with van der Waals surface area (Å²) in [5, 5.41) is 10.7. The molecule has 4 heteroatoms. The fourth-order valence-electron chi connectivity index (χ4n) is 1.70. The number of hydrogen-bond acceptors (Lipinski definition) is 2. The number of aromatic amines is 1. The monoisotopic (exact) mass is 185 g/mol. The molecule has 0 aromatic carbocycles. The molecular formula is C8H12ClN3. The summed E-state index contributed by atoms with van der Waals surface area (Å²) in [5.41, 5.74) is 1.18. The van der Waals surface area contributed by atoms with Crippen molar-refractivity contribution in [3.63, 3.8) is 0 Å². The van der Waals surface area contributed by atoms with Crippen LogP contribution in [0.25, 0.3) is 0 Å². The van der Waals surface area contributed by atoms with Gasteiger partial charge in [0.1, 0.15) is 5.15 Å². The first-order chi connectivity index (χ1) is 5.88. The van der Waals surface area contributed by atoms with Crippen molar-refractivity contribution >= 4 is 11.6 Å². The number of nitrogens with one attached hydrogen (secondary N) is 2. The van der Waals surface area contributed by atoms with Crippen molar-refractivity contribution in [3.05, 3.63) is 16.9 Å². The lowest BCUT2D eigenvalue weighted by Crippen LogP contribution is -2.26. The molecule has 0 bridgehead atoms. The van der Waals surface area contributed by atoms with E-state index >= 15 is 0 Å². The minimum absolute atomic E-state index is 0.595. The molecule has 1 aliphatic rings. The molecule has 0 unspecified atom stereocenters. The van der Waals surface area contributed by atoms with E-state index in [0.717, 1.165) is 13.1 Å². The summed E-state index contributed by atoms with van der Waals surface area (Å²) in [7, 11) is 0. The molecule has 1 aromatic rings. The lowest BCUT2D eigenvalue weighted by atomic mass is 9.93. The smallest absolute Gasteiger partial charge is 0.127 e. The Balaban J connectivity index is 2.13. The van der Waals surface area contributed by atoms with E-state index in [0.29, 0.717) is 11.1 Å². The average molecular weight is 186 g/mol. The third-order valence-corrected chi connectivity index (χ3v) is 2.70. The molecule has 12 heavy (non-hydrogen) atoms. The minimum Gasteiger partial charge on any atom is -0.317 e. The lowest BCUT2D eigenvalue weighted by molar-refractivity contribution is 0.460. The summed E-state index contributed by atoms with van der Waals surface area (Å²) in [6, 6.07) is 0. The molecule has 1 aliphatic heterocycles. The Morgan fingerprint density at radius 3 is 2.75 bits per heavy atom. The highest BCUT2D eigenvalue weighted by molar-refractivity contribution is 6.30. The van der Waals surface area contributed by atoms with Gasteiger partial charge in [-0.25, -0.2) is 0 Å². The molecule has 1 saturated heterocycles. The van der Waals surface area contributed by atoms with Crippen LogP contribution in [0.1, 0.15) is 24.3 Å². The van der Waals surface area contributed by atoms with Crippen LogP contribution >= 0.6 is 11.6 Å². The maximum Gasteiger partial charge on any atom is 0.127 e. The van der Waals surface area contributed by atoms with E-state index in [-0.39, 0.29) is 0 Å². The van der Waals surface area contributed by atoms with E-state index in [2.05, 4.69) is 15.5 Å². The predicted molar refractivity (Wildman–Crippen MR) is 48.4 cm³/mol. The van der Waals surface area contributed by atoms with Gasteiger partial charge in [0, 0.05) is 5.56 Å². The van der Waals surface area contributed by atoms with Crippen LogP contribution < -0.4 is 5.32 Å². The molecule has 0 aliphatic carbocycles. The molecule has 2 heterocycles. The Morgan fingerprint density at radius 1 is 1.42 bits per heavy atom. The summed E-state index contributed by atoms with van der Waals surface area (Å²) in [4.78, 5) is 0. The van der Waals surface area contributed by atoms with Gasteiger partial charge in [-0.3, -0.25) is 5.10 Å². The van der Waals surface area contributed by atoms with Gasteiger partial charge < -0.3 is 5.32 Å². The molecule has 0 saturated carbocycles. The van der Waals surface area contributed by atoms with Crippen LogP contribution in [0.5, 0.6) is 0 Å². The van der Waals surface area contributed by atoms with Crippen molar-refractivity contribution in [2.75, 3.05) is 13.1 Å². The number of piperidine rings is 1. The standard InChI is InChI=1S/C8H12ClN3/c9-8-7(5-11-12-8)6-1-3-10-4-2-6/h5-6,10H,1-4H2,(H,11,12). The van der Waals surface area contributed by atoms with Gasteiger partial charge in [-0.05, 0) is 31.8 Å². The van der Waals surface area contributed by atoms with Crippen LogP contribution in [0.4, 0.5) is 0 Å². The highest BCUT2D eigenvalue weighted by Gasteiger charge is 2.18. The third kappa shape index (κ3) is 1.47. The zero-order chi connectivity index (χ0) is 8.39. The molecule has 0 spiro atoms. The van der Waals surface area contributed by atoms with E-state index in [1.165, 1.54) is 18.4 Å². The quantitative estimate of drug-likeness (QED) is 0.697. The number of H-pyrrole nitrogens is 1. The first-order valence-corrected chi connectivity index (χ1v) is 4.65. The van der Waals surface area contributed by atoms with E-state index < -0.39 is 0 Å². The largest absolute Gasteiger partial charge is 0.317 e. The second-order valence-corrected chi connectivity index (χ2v) is 3.54. The van der Waals surface area contributed by atoms with Crippen LogP contribution in [0, 0.1) is 0 Å². The Kier molecular flexibility index (Phi) is 2.33. The van der Waals surface area contributed by atoms with Gasteiger partial charge >= 0.3 is 0 Å². The summed E-state index contributed by atoms with van der Waals surface area (Å²) < 4.78 is 0. The van der Waals surface area contributed by atoms with Gasteiger partial charge in [0.2, 0.25) is 0 Å². The first-order valence-electron chi connectivity index (χ1n) is 4.27. The highest BCUT2D eigenvalue weighted by Crippen LogP contribution is 2.28. The Bertz CT molecular complexity index is 253. The zero-order valence-corrected chi connectivity index (χ0v) is 7.56. The predicted octanol–water partition coefficient (Wildman–Crippen LogP) is 1.53. The second-order valence-electron chi connectivity index (χ2n) is 3.16. The van der Waals surface area contributed by atoms with Crippen LogP contribution in [0.3, 0.4) is 0 Å². The molecule has 1 fully saturated rings. The second kappa shape index (κ2) is 3.46. The third-order valence-electron chi connectivity index (χ3n) is 2.40. The molecule has 0 amide bonds. The number of rotatable bonds is 1. The van der Waals surface area contributed by atoms with Crippen LogP contribution in [0.15, 0.2) is 6.20 Å². The Labute approximate surface area is 76.5 Å². The number of halogens is 1. The highest BCUT2D eigenvalue weighted by atomic mass is 35.5. The van der Waals surface area contributed by atoms with Crippen molar-refractivity contribution in [1.29, 1.82) is 0 Å². The number of aromatic nitrogens is 2. The molecular weight excluding hydrogens is 174 g/mol. The summed E-state index contributed by atoms with van der Waals surface area (Å²) in [6.45, 7) is 2.18. The van der Waals surface area contributed by atoms with E-state index in [4.69, 9.17) is 11.6 Å². The van der Waals surface area contributed by atoms with E-state index in [1.54, 1.807) is 0 Å². The van der Waals surface area contributed by atoms with Crippen LogP contribution in [0.2, 0.25) is 5.15 Å². The number of hydrogen-bond donors (Lipinski definition) is 2. The molecule has 0 atom stereocenters. The van der Waals surface area contributed by atoms with Gasteiger partial charge in [-0.15, -0.1) is 0 Å². The van der Waals surface area contributed by atoms with Crippen molar-refractivity contribution in [1.82, 2.24) is 15.5 Å². The van der Waals surface area contributed by atoms with Gasteiger partial charge in [-0.1, -0.05) is 11.6 Å². The van der Waals surface area contributed by atoms with Crippen molar-refractivity contribution < 1.29 is 0 Å². The van der Waals surface area contributed by atoms with Crippen LogP contribution in [-0.2, 0) is 0 Å². The lowest BCUT2D eigenvalue weighted by Gasteiger charge is -2.21. The van der Waals surface area contributed by atoms with Gasteiger partial charge in [0.05, 0.1) is 6.20 Å². The molecule has 66 valence electrons. The van der Waals surface area contributed by atoms with Crippen LogP contribution in [-0.4, -0.2) is 23.3 Å². The minimum atomic E-state index is 0.595. The Hall–Kier alpha value is -0.540. The summed E-state index contributed by atoms with van der Waals surface area (Å²) >= 11 is 5.93. The topological polar surface area (TPSA) is 40.7 Å². The summed E-state index contributed by atoms with van der Waals surface area (Å²) in [6.07, 6.45) is 4.18. The van der Waals surface area contributed by atoms with Crippen molar-refractivity contribution in [2.45, 2.75) is 18.8 Å². The SMILES string of the molecule is Clc1[nH]ncc1C1CCNCC1. The molecule has 1 aromatic heterocycles. The van der Waals surface area contributed by atoms with E-state index in [9.17, 15) is 0 Å². The van der Waals surface area contributed by atoms with Gasteiger partial charge in [0.25, 0.3) is 0 Å².